The zero-order chi connectivity index (χ0) is 23.5. The molecule has 0 unspecified atom stereocenters. The van der Waals surface area contributed by atoms with Gasteiger partial charge in [0, 0.05) is 29.3 Å². The average Bonchev–Trinajstić information content (AvgIpc) is 3.16. The van der Waals surface area contributed by atoms with Crippen LogP contribution in [0.25, 0.3) is 11.5 Å². The van der Waals surface area contributed by atoms with Crippen LogP contribution in [0, 0.1) is 0 Å². The number of carbonyl (C=O) groups excluding carboxylic acids is 1. The maximum absolute atomic E-state index is 12.7. The first-order chi connectivity index (χ1) is 15.1. The van der Waals surface area contributed by atoms with Gasteiger partial charge in [-0.2, -0.15) is 0 Å². The average molecular weight is 476 g/mol. The van der Waals surface area contributed by atoms with Gasteiger partial charge in [-0.25, -0.2) is 4.98 Å². The molecule has 0 saturated carbocycles. The van der Waals surface area contributed by atoms with Crippen LogP contribution in [-0.4, -0.2) is 28.1 Å². The van der Waals surface area contributed by atoms with Gasteiger partial charge < -0.3 is 14.3 Å². The van der Waals surface area contributed by atoms with Gasteiger partial charge in [-0.05, 0) is 56.3 Å². The van der Waals surface area contributed by atoms with Crippen LogP contribution < -0.4 is 4.74 Å². The highest BCUT2D eigenvalue weighted by Crippen LogP contribution is 2.33. The summed E-state index contributed by atoms with van der Waals surface area (Å²) in [6, 6.07) is 12.1. The highest BCUT2D eigenvalue weighted by molar-refractivity contribution is 6.36. The van der Waals surface area contributed by atoms with Crippen LogP contribution in [0.4, 0.5) is 0 Å². The van der Waals surface area contributed by atoms with E-state index in [1.807, 2.05) is 13.8 Å². The second-order valence-corrected chi connectivity index (χ2v) is 9.42. The molecule has 0 radical (unpaired) electrons. The summed E-state index contributed by atoms with van der Waals surface area (Å²) in [6.07, 6.45) is 0.749. The number of aromatic nitrogens is 1. The van der Waals surface area contributed by atoms with E-state index in [0.29, 0.717) is 45.7 Å². The van der Waals surface area contributed by atoms with E-state index in [1.165, 1.54) is 0 Å². The molecule has 0 aliphatic carbocycles. The molecule has 3 rings (SSSR count). The van der Waals surface area contributed by atoms with Crippen molar-refractivity contribution in [1.82, 2.24) is 4.98 Å². The Labute approximate surface area is 198 Å². The van der Waals surface area contributed by atoms with Crippen LogP contribution in [-0.2, 0) is 6.42 Å². The molecule has 32 heavy (non-hydrogen) atoms. The predicted molar refractivity (Wildman–Crippen MR) is 127 cm³/mol. The number of hydrogen-bond acceptors (Lipinski definition) is 5. The number of benzene rings is 2. The molecule has 0 atom stereocenters. The zero-order valence-corrected chi connectivity index (χ0v) is 20.1. The molecule has 0 bridgehead atoms. The highest BCUT2D eigenvalue weighted by Gasteiger charge is 2.21. The second-order valence-electron chi connectivity index (χ2n) is 8.58. The number of ketones is 1. The maximum Gasteiger partial charge on any atom is 0.228 e. The van der Waals surface area contributed by atoms with Crippen molar-refractivity contribution >= 4 is 29.0 Å². The van der Waals surface area contributed by atoms with E-state index < -0.39 is 5.60 Å². The Morgan fingerprint density at radius 3 is 2.44 bits per heavy atom. The van der Waals surface area contributed by atoms with Crippen molar-refractivity contribution in [3.8, 4) is 17.2 Å². The van der Waals surface area contributed by atoms with E-state index in [1.54, 1.807) is 56.3 Å². The van der Waals surface area contributed by atoms with E-state index in [-0.39, 0.29) is 18.3 Å². The van der Waals surface area contributed by atoms with E-state index in [9.17, 15) is 9.90 Å². The molecule has 7 heteroatoms. The number of nitrogens with zero attached hydrogens (tertiary/aromatic N) is 1. The molecule has 1 aromatic heterocycles. The van der Waals surface area contributed by atoms with Crippen molar-refractivity contribution in [1.29, 1.82) is 0 Å². The summed E-state index contributed by atoms with van der Waals surface area (Å²) in [7, 11) is 0. The topological polar surface area (TPSA) is 72.6 Å². The Morgan fingerprint density at radius 1 is 1.16 bits per heavy atom. The molecular formula is C25H27Cl2NO4. The van der Waals surface area contributed by atoms with E-state index in [0.717, 1.165) is 11.5 Å². The summed E-state index contributed by atoms with van der Waals surface area (Å²) in [6.45, 7) is 7.52. The van der Waals surface area contributed by atoms with Crippen molar-refractivity contribution in [3.05, 3.63) is 69.5 Å². The first-order valence-corrected chi connectivity index (χ1v) is 11.2. The van der Waals surface area contributed by atoms with Crippen LogP contribution in [0.1, 0.15) is 61.8 Å². The number of ether oxygens (including phenoxy) is 1. The molecule has 0 fully saturated rings. The zero-order valence-electron chi connectivity index (χ0n) is 18.6. The van der Waals surface area contributed by atoms with Gasteiger partial charge in [-0.15, -0.1) is 0 Å². The highest BCUT2D eigenvalue weighted by atomic mass is 35.5. The van der Waals surface area contributed by atoms with Gasteiger partial charge >= 0.3 is 0 Å². The standard InChI is InChI=1S/C25H27Cl2NO4/c1-15(2)23-21(28-24(31-23)19-10-7-17(26)13-20(19)27)11-12-22(30)16-5-8-18(9-6-16)32-25(3,4)14-29/h5-10,13,15,29H,11-12,14H2,1-4H3. The predicted octanol–water partition coefficient (Wildman–Crippen LogP) is 6.74. The molecular weight excluding hydrogens is 449 g/mol. The first kappa shape index (κ1) is 24.3. The van der Waals surface area contributed by atoms with Crippen molar-refractivity contribution in [3.63, 3.8) is 0 Å². The minimum atomic E-state index is -0.684. The molecule has 3 aromatic rings. The summed E-state index contributed by atoms with van der Waals surface area (Å²) in [5, 5.41) is 10.3. The van der Waals surface area contributed by atoms with Gasteiger partial charge in [-0.3, -0.25) is 4.79 Å². The number of aliphatic hydroxyl groups is 1. The summed E-state index contributed by atoms with van der Waals surface area (Å²) in [5.41, 5.74) is 1.32. The Hall–Kier alpha value is -2.34. The van der Waals surface area contributed by atoms with Gasteiger partial charge in [0.05, 0.1) is 22.9 Å². The van der Waals surface area contributed by atoms with Crippen LogP contribution in [0.15, 0.2) is 46.9 Å². The summed E-state index contributed by atoms with van der Waals surface area (Å²) in [5.74, 6) is 1.88. The van der Waals surface area contributed by atoms with Gasteiger partial charge in [0.15, 0.2) is 5.78 Å². The largest absolute Gasteiger partial charge is 0.485 e. The molecule has 0 saturated heterocycles. The molecule has 0 aliphatic rings. The lowest BCUT2D eigenvalue weighted by Gasteiger charge is -2.23. The lowest BCUT2D eigenvalue weighted by atomic mass is 10.0. The minimum absolute atomic E-state index is 0.00162. The second kappa shape index (κ2) is 10.1. The lowest BCUT2D eigenvalue weighted by molar-refractivity contribution is 0.0412. The van der Waals surface area contributed by atoms with Crippen molar-refractivity contribution < 1.29 is 19.1 Å². The molecule has 170 valence electrons. The summed E-state index contributed by atoms with van der Waals surface area (Å²) < 4.78 is 11.7. The molecule has 0 spiro atoms. The third-order valence-electron chi connectivity index (χ3n) is 4.95. The van der Waals surface area contributed by atoms with Crippen molar-refractivity contribution in [2.24, 2.45) is 0 Å². The number of halogens is 2. The third-order valence-corrected chi connectivity index (χ3v) is 5.50. The van der Waals surface area contributed by atoms with E-state index in [4.69, 9.17) is 32.4 Å². The number of carbonyl (C=O) groups is 1. The molecule has 1 N–H and O–H groups in total. The fourth-order valence-corrected chi connectivity index (χ4v) is 3.70. The molecule has 2 aromatic carbocycles. The SMILES string of the molecule is CC(C)c1oc(-c2ccc(Cl)cc2Cl)nc1CCC(=O)c1ccc(OC(C)(C)CO)cc1. The minimum Gasteiger partial charge on any atom is -0.485 e. The Bertz CT molecular complexity index is 1090. The molecule has 0 amide bonds. The number of aryl methyl sites for hydroxylation is 1. The van der Waals surface area contributed by atoms with E-state index in [2.05, 4.69) is 4.98 Å². The quantitative estimate of drug-likeness (QED) is 0.347. The van der Waals surface area contributed by atoms with Crippen LogP contribution in [0.5, 0.6) is 5.75 Å². The van der Waals surface area contributed by atoms with Gasteiger partial charge in [0.1, 0.15) is 17.1 Å². The normalized spacial score (nSPS) is 11.8. The fourth-order valence-electron chi connectivity index (χ4n) is 3.21. The molecule has 1 heterocycles. The summed E-state index contributed by atoms with van der Waals surface area (Å²) >= 11 is 12.3. The molecule has 0 aliphatic heterocycles. The van der Waals surface area contributed by atoms with Gasteiger partial charge in [0.25, 0.3) is 0 Å². The van der Waals surface area contributed by atoms with Gasteiger partial charge in [-0.1, -0.05) is 37.0 Å². The summed E-state index contributed by atoms with van der Waals surface area (Å²) in [4.78, 5) is 17.4. The first-order valence-electron chi connectivity index (χ1n) is 10.5. The maximum atomic E-state index is 12.7. The Balaban J connectivity index is 1.73. The lowest BCUT2D eigenvalue weighted by Crippen LogP contribution is -2.32. The smallest absolute Gasteiger partial charge is 0.228 e. The number of aliphatic hydroxyl groups excluding tert-OH is 1. The number of hydrogen-bond donors (Lipinski definition) is 1. The number of rotatable bonds is 9. The Morgan fingerprint density at radius 2 is 1.84 bits per heavy atom. The van der Waals surface area contributed by atoms with E-state index >= 15 is 0 Å². The molecule has 5 nitrogen and oxygen atoms in total. The third kappa shape index (κ3) is 5.91. The van der Waals surface area contributed by atoms with Crippen LogP contribution in [0.2, 0.25) is 10.0 Å². The van der Waals surface area contributed by atoms with Crippen molar-refractivity contribution in [2.75, 3.05) is 6.61 Å². The van der Waals surface area contributed by atoms with Crippen molar-refractivity contribution in [2.45, 2.75) is 52.1 Å². The van der Waals surface area contributed by atoms with Crippen LogP contribution in [0.3, 0.4) is 0 Å². The monoisotopic (exact) mass is 475 g/mol. The fraction of sp³-hybridized carbons (Fsp3) is 0.360. The van der Waals surface area contributed by atoms with Gasteiger partial charge in [0.2, 0.25) is 5.89 Å². The Kier molecular flexibility index (Phi) is 7.65. The number of Topliss-reactive ketones (excluding diaryl/α,β-unsaturated/α-hetero) is 1. The van der Waals surface area contributed by atoms with Crippen LogP contribution >= 0.6 is 23.2 Å². The number of oxazole rings is 1.